The van der Waals surface area contributed by atoms with E-state index in [4.69, 9.17) is 0 Å². The molecular weight excluding hydrogens is 232 g/mol. The highest BCUT2D eigenvalue weighted by Crippen LogP contribution is 2.54. The molecule has 2 saturated heterocycles. The summed E-state index contributed by atoms with van der Waals surface area (Å²) in [6.45, 7) is 5.12. The Morgan fingerprint density at radius 2 is 2.05 bits per heavy atom. The van der Waals surface area contributed by atoms with Crippen LogP contribution >= 0.6 is 0 Å². The third-order valence-corrected chi connectivity index (χ3v) is 7.01. The maximum Gasteiger partial charge on any atom is 0.0224 e. The van der Waals surface area contributed by atoms with Gasteiger partial charge >= 0.3 is 0 Å². The van der Waals surface area contributed by atoms with Crippen LogP contribution < -0.4 is 5.32 Å². The van der Waals surface area contributed by atoms with Gasteiger partial charge in [0.05, 0.1) is 0 Å². The molecule has 0 aromatic heterocycles. The number of rotatable bonds is 0. The second-order valence-corrected chi connectivity index (χ2v) is 8.18. The summed E-state index contributed by atoms with van der Waals surface area (Å²) in [6, 6.07) is 0.908. The lowest BCUT2D eigenvalue weighted by atomic mass is 9.53. The Morgan fingerprint density at radius 1 is 1.16 bits per heavy atom. The van der Waals surface area contributed by atoms with Crippen molar-refractivity contribution >= 4 is 0 Å². The quantitative estimate of drug-likeness (QED) is 0.722. The van der Waals surface area contributed by atoms with Crippen molar-refractivity contribution in [2.24, 2.45) is 23.7 Å². The average molecular weight is 262 g/mol. The van der Waals surface area contributed by atoms with Gasteiger partial charge in [-0.05, 0) is 75.8 Å². The molecule has 5 unspecified atom stereocenters. The molecule has 2 aliphatic heterocycles. The maximum absolute atomic E-state index is 4.00. The average Bonchev–Trinajstić information content (AvgIpc) is 2.40. The maximum atomic E-state index is 4.00. The molecule has 4 aliphatic rings. The van der Waals surface area contributed by atoms with Crippen LogP contribution in [0.1, 0.15) is 51.9 Å². The van der Waals surface area contributed by atoms with Gasteiger partial charge in [0.25, 0.3) is 0 Å². The highest BCUT2D eigenvalue weighted by molar-refractivity contribution is 5.10. The smallest absolute Gasteiger partial charge is 0.0224 e. The first-order chi connectivity index (χ1) is 9.18. The molecule has 2 saturated carbocycles. The number of piperidine rings is 2. The van der Waals surface area contributed by atoms with Crippen molar-refractivity contribution in [2.75, 3.05) is 20.1 Å². The van der Waals surface area contributed by atoms with Crippen molar-refractivity contribution in [3.8, 4) is 0 Å². The number of nitrogens with one attached hydrogen (secondary N) is 1. The van der Waals surface area contributed by atoms with Gasteiger partial charge in [0.15, 0.2) is 0 Å². The van der Waals surface area contributed by atoms with E-state index >= 15 is 0 Å². The largest absolute Gasteiger partial charge is 0.311 e. The summed E-state index contributed by atoms with van der Waals surface area (Å²) in [6.07, 6.45) is 10.3. The molecular formula is C17H30N2. The van der Waals surface area contributed by atoms with E-state index in [1.165, 1.54) is 58.0 Å². The first kappa shape index (κ1) is 12.6. The van der Waals surface area contributed by atoms with Crippen LogP contribution in [0.5, 0.6) is 0 Å². The summed E-state index contributed by atoms with van der Waals surface area (Å²) in [4.78, 5) is 2.73. The van der Waals surface area contributed by atoms with Gasteiger partial charge in [0.1, 0.15) is 0 Å². The second kappa shape index (κ2) is 4.46. The molecule has 1 N–H and O–H groups in total. The van der Waals surface area contributed by atoms with Gasteiger partial charge in [-0.15, -0.1) is 0 Å². The molecule has 2 bridgehead atoms. The predicted molar refractivity (Wildman–Crippen MR) is 79.1 cm³/mol. The first-order valence-electron chi connectivity index (χ1n) is 8.63. The molecule has 2 heterocycles. The summed E-state index contributed by atoms with van der Waals surface area (Å²) in [7, 11) is 2.40. The third kappa shape index (κ3) is 1.90. The van der Waals surface area contributed by atoms with Gasteiger partial charge in [-0.3, -0.25) is 0 Å². The number of likely N-dealkylation sites (tertiary alicyclic amines) is 1. The Bertz CT molecular complexity index is 347. The van der Waals surface area contributed by atoms with Gasteiger partial charge < -0.3 is 10.2 Å². The molecule has 0 amide bonds. The molecule has 108 valence electrons. The van der Waals surface area contributed by atoms with Gasteiger partial charge in [-0.1, -0.05) is 13.3 Å². The molecule has 4 rings (SSSR count). The van der Waals surface area contributed by atoms with Crippen LogP contribution in [0.2, 0.25) is 0 Å². The van der Waals surface area contributed by atoms with E-state index in [0.717, 1.165) is 29.7 Å². The predicted octanol–water partition coefficient (Wildman–Crippen LogP) is 2.89. The van der Waals surface area contributed by atoms with E-state index in [1.807, 2.05) is 0 Å². The zero-order valence-electron chi connectivity index (χ0n) is 12.7. The van der Waals surface area contributed by atoms with Crippen LogP contribution in [0.4, 0.5) is 0 Å². The fourth-order valence-corrected chi connectivity index (χ4v) is 6.21. The van der Waals surface area contributed by atoms with Crippen molar-refractivity contribution in [1.82, 2.24) is 10.2 Å². The Morgan fingerprint density at radius 3 is 2.84 bits per heavy atom. The van der Waals surface area contributed by atoms with Crippen LogP contribution in [0.15, 0.2) is 0 Å². The Balaban J connectivity index is 1.65. The Labute approximate surface area is 118 Å². The topological polar surface area (TPSA) is 15.3 Å². The van der Waals surface area contributed by atoms with E-state index in [-0.39, 0.29) is 0 Å². The summed E-state index contributed by atoms with van der Waals surface area (Å²) < 4.78 is 0. The molecule has 0 aromatic carbocycles. The van der Waals surface area contributed by atoms with E-state index in [9.17, 15) is 0 Å². The molecule has 2 aliphatic carbocycles. The minimum absolute atomic E-state index is 0.524. The van der Waals surface area contributed by atoms with E-state index < -0.39 is 0 Å². The van der Waals surface area contributed by atoms with Crippen LogP contribution in [0.25, 0.3) is 0 Å². The van der Waals surface area contributed by atoms with Crippen molar-refractivity contribution in [2.45, 2.75) is 63.5 Å². The minimum Gasteiger partial charge on any atom is -0.311 e. The van der Waals surface area contributed by atoms with E-state index in [0.29, 0.717) is 5.54 Å². The summed E-state index contributed by atoms with van der Waals surface area (Å²) in [5.41, 5.74) is 0.524. The zero-order chi connectivity index (χ0) is 13.0. The van der Waals surface area contributed by atoms with Gasteiger partial charge in [0, 0.05) is 18.1 Å². The summed E-state index contributed by atoms with van der Waals surface area (Å²) >= 11 is 0. The molecule has 0 aromatic rings. The zero-order valence-corrected chi connectivity index (χ0v) is 12.7. The lowest BCUT2D eigenvalue weighted by Gasteiger charge is -2.61. The molecule has 4 fully saturated rings. The van der Waals surface area contributed by atoms with Crippen LogP contribution in [0.3, 0.4) is 0 Å². The third-order valence-electron chi connectivity index (χ3n) is 7.01. The number of hydrogen-bond acceptors (Lipinski definition) is 2. The van der Waals surface area contributed by atoms with E-state index in [2.05, 4.69) is 24.2 Å². The highest BCUT2D eigenvalue weighted by atomic mass is 15.2. The van der Waals surface area contributed by atoms with Crippen molar-refractivity contribution < 1.29 is 0 Å². The van der Waals surface area contributed by atoms with Crippen LogP contribution in [-0.4, -0.2) is 36.6 Å². The summed E-state index contributed by atoms with van der Waals surface area (Å²) in [5, 5.41) is 4.00. The fourth-order valence-electron chi connectivity index (χ4n) is 6.21. The molecule has 6 atom stereocenters. The van der Waals surface area contributed by atoms with Crippen LogP contribution in [0, 0.1) is 23.7 Å². The molecule has 2 nitrogen and oxygen atoms in total. The van der Waals surface area contributed by atoms with Gasteiger partial charge in [-0.25, -0.2) is 0 Å². The van der Waals surface area contributed by atoms with Gasteiger partial charge in [-0.2, -0.15) is 0 Å². The second-order valence-electron chi connectivity index (χ2n) is 8.18. The van der Waals surface area contributed by atoms with Gasteiger partial charge in [0.2, 0.25) is 0 Å². The number of hydrogen-bond donors (Lipinski definition) is 1. The first-order valence-corrected chi connectivity index (χ1v) is 8.63. The highest BCUT2D eigenvalue weighted by Gasteiger charge is 2.54. The lowest BCUT2D eigenvalue weighted by Crippen LogP contribution is -2.67. The molecule has 0 radical (unpaired) electrons. The monoisotopic (exact) mass is 262 g/mol. The van der Waals surface area contributed by atoms with Crippen molar-refractivity contribution in [3.63, 3.8) is 0 Å². The fraction of sp³-hybridized carbons (Fsp3) is 1.00. The SMILES string of the molecule is CC1CC2C[C@]3(CCCCN3)C3CC2C(C1)N(C)C3. The van der Waals surface area contributed by atoms with Crippen molar-refractivity contribution in [1.29, 1.82) is 0 Å². The standard InChI is InChI=1S/C17H30N2/c1-12-7-13-10-17(5-3-4-6-18-17)14-9-15(13)16(8-12)19(2)11-14/h12-16,18H,3-11H2,1-2H3/t12?,13?,14?,15?,16?,17-/m1/s1. The summed E-state index contributed by atoms with van der Waals surface area (Å²) in [5.74, 6) is 3.92. The number of fused-ring (bicyclic) bond motifs is 2. The normalized spacial score (nSPS) is 54.3. The molecule has 2 heteroatoms. The van der Waals surface area contributed by atoms with Crippen molar-refractivity contribution in [3.05, 3.63) is 0 Å². The molecule has 19 heavy (non-hydrogen) atoms. The lowest BCUT2D eigenvalue weighted by molar-refractivity contribution is -0.0889. The van der Waals surface area contributed by atoms with E-state index in [1.54, 1.807) is 0 Å². The molecule has 1 spiro atoms. The number of nitrogens with zero attached hydrogens (tertiary/aromatic N) is 1. The Kier molecular flexibility index (Phi) is 2.97. The minimum atomic E-state index is 0.524. The van der Waals surface area contributed by atoms with Crippen LogP contribution in [-0.2, 0) is 0 Å². The Hall–Kier alpha value is -0.0800.